The van der Waals surface area contributed by atoms with Crippen LogP contribution in [0, 0.1) is 11.8 Å². The van der Waals surface area contributed by atoms with Gasteiger partial charge in [0.25, 0.3) is 0 Å². The Bertz CT molecular complexity index is 624. The number of unbranched alkanes of at least 4 members (excludes halogenated alkanes) is 4. The second kappa shape index (κ2) is 14.2. The first-order chi connectivity index (χ1) is 12.2. The Morgan fingerprint density at radius 2 is 1.33 bits per heavy atom. The fourth-order valence-corrected chi connectivity index (χ4v) is 4.22. The third-order valence-corrected chi connectivity index (χ3v) is 5.86. The number of benzene rings is 1. The van der Waals surface area contributed by atoms with Gasteiger partial charge in [0.15, 0.2) is 0 Å². The molecule has 0 saturated heterocycles. The molecule has 0 heterocycles. The Morgan fingerprint density at radius 1 is 0.815 bits per heavy atom. The standard InChI is InChI=1S/C22H38O3S.Na/c1-18(2)12-7-5-9-14-20-15-11-17-22(26(23,24)25)21(20)16-10-6-8-13-19(3)4;/h11,15,17-19H,5-10,12-14,16H2,1-4H3,(H,23,24,25);/q;+1/p-1. The number of hydrogen-bond acceptors (Lipinski definition) is 3. The molecule has 3 nitrogen and oxygen atoms in total. The summed E-state index contributed by atoms with van der Waals surface area (Å²) in [4.78, 5) is 0.000963. The summed E-state index contributed by atoms with van der Waals surface area (Å²) in [7, 11) is -4.41. The maximum atomic E-state index is 11.7. The molecule has 0 amide bonds. The molecule has 0 saturated carbocycles. The third-order valence-electron chi connectivity index (χ3n) is 4.94. The quantitative estimate of drug-likeness (QED) is 0.288. The van der Waals surface area contributed by atoms with Gasteiger partial charge in [-0.2, -0.15) is 0 Å². The van der Waals surface area contributed by atoms with Gasteiger partial charge in [0.2, 0.25) is 0 Å². The zero-order chi connectivity index (χ0) is 19.6. The summed E-state index contributed by atoms with van der Waals surface area (Å²) in [5, 5.41) is 0. The van der Waals surface area contributed by atoms with E-state index in [0.29, 0.717) is 12.3 Å². The fourth-order valence-electron chi connectivity index (χ4n) is 3.44. The van der Waals surface area contributed by atoms with Gasteiger partial charge in [0.05, 0.1) is 4.90 Å². The second-order valence-corrected chi connectivity index (χ2v) is 9.68. The van der Waals surface area contributed by atoms with Crippen LogP contribution < -0.4 is 29.6 Å². The Balaban J connectivity index is 0.00000676. The third kappa shape index (κ3) is 11.7. The Hall–Kier alpha value is 0.130. The van der Waals surface area contributed by atoms with Crippen molar-refractivity contribution in [3.63, 3.8) is 0 Å². The van der Waals surface area contributed by atoms with Gasteiger partial charge < -0.3 is 4.55 Å². The van der Waals surface area contributed by atoms with E-state index in [0.717, 1.165) is 55.6 Å². The molecule has 27 heavy (non-hydrogen) atoms. The van der Waals surface area contributed by atoms with Gasteiger partial charge >= 0.3 is 29.6 Å². The van der Waals surface area contributed by atoms with Crippen molar-refractivity contribution in [3.05, 3.63) is 29.3 Å². The summed E-state index contributed by atoms with van der Waals surface area (Å²) < 4.78 is 35.0. The van der Waals surface area contributed by atoms with E-state index in [-0.39, 0.29) is 34.5 Å². The van der Waals surface area contributed by atoms with Crippen LogP contribution in [0.1, 0.15) is 90.2 Å². The predicted octanol–water partition coefficient (Wildman–Crippen LogP) is 3.11. The molecule has 0 aliphatic heterocycles. The first-order valence-corrected chi connectivity index (χ1v) is 11.7. The molecule has 1 aromatic carbocycles. The molecule has 0 unspecified atom stereocenters. The summed E-state index contributed by atoms with van der Waals surface area (Å²) in [5.41, 5.74) is 1.83. The molecule has 0 spiro atoms. The van der Waals surface area contributed by atoms with Crippen molar-refractivity contribution in [2.24, 2.45) is 11.8 Å². The molecular formula is C22H37NaO3S. The minimum atomic E-state index is -4.41. The molecule has 0 atom stereocenters. The Labute approximate surface area is 189 Å². The molecule has 0 fully saturated rings. The SMILES string of the molecule is CC(C)CCCCCc1cccc(S(=O)(=O)[O-])c1CCCCCC(C)C.[Na+]. The predicted molar refractivity (Wildman–Crippen MR) is 108 cm³/mol. The molecule has 0 aliphatic carbocycles. The second-order valence-electron chi connectivity index (χ2n) is 8.33. The van der Waals surface area contributed by atoms with Crippen LogP contribution in [0.5, 0.6) is 0 Å². The van der Waals surface area contributed by atoms with Crippen molar-refractivity contribution in [1.82, 2.24) is 0 Å². The van der Waals surface area contributed by atoms with Crippen LogP contribution in [0.4, 0.5) is 0 Å². The molecule has 5 heteroatoms. The number of rotatable bonds is 13. The molecule has 0 N–H and O–H groups in total. The van der Waals surface area contributed by atoms with Gasteiger partial charge in [-0.05, 0) is 54.7 Å². The van der Waals surface area contributed by atoms with Crippen LogP contribution in [-0.2, 0) is 23.0 Å². The monoisotopic (exact) mass is 404 g/mol. The number of hydrogen-bond donors (Lipinski definition) is 0. The van der Waals surface area contributed by atoms with Crippen LogP contribution >= 0.6 is 0 Å². The van der Waals surface area contributed by atoms with Crippen LogP contribution in [0.15, 0.2) is 23.1 Å². The van der Waals surface area contributed by atoms with E-state index >= 15 is 0 Å². The molecular weight excluding hydrogens is 367 g/mol. The topological polar surface area (TPSA) is 57.2 Å². The van der Waals surface area contributed by atoms with E-state index in [4.69, 9.17) is 0 Å². The minimum absolute atomic E-state index is 0. The maximum absolute atomic E-state index is 11.7. The molecule has 1 rings (SSSR count). The fraction of sp³-hybridized carbons (Fsp3) is 0.727. The number of aryl methyl sites for hydroxylation is 1. The van der Waals surface area contributed by atoms with Crippen molar-refractivity contribution in [1.29, 1.82) is 0 Å². The molecule has 0 aromatic heterocycles. The van der Waals surface area contributed by atoms with E-state index in [1.165, 1.54) is 25.3 Å². The molecule has 150 valence electrons. The van der Waals surface area contributed by atoms with Gasteiger partial charge in [-0.3, -0.25) is 0 Å². The first kappa shape index (κ1) is 27.1. The Kier molecular flexibility index (Phi) is 14.2. The summed E-state index contributed by atoms with van der Waals surface area (Å²) in [5.74, 6) is 1.43. The van der Waals surface area contributed by atoms with E-state index in [1.54, 1.807) is 6.07 Å². The normalized spacial score (nSPS) is 11.8. The summed E-state index contributed by atoms with van der Waals surface area (Å²) in [6.07, 6.45) is 10.6. The van der Waals surface area contributed by atoms with Crippen LogP contribution in [-0.4, -0.2) is 13.0 Å². The average molecular weight is 405 g/mol. The zero-order valence-corrected chi connectivity index (χ0v) is 20.9. The Morgan fingerprint density at radius 3 is 1.81 bits per heavy atom. The molecule has 1 aromatic rings. The van der Waals surface area contributed by atoms with E-state index in [1.807, 2.05) is 6.07 Å². The van der Waals surface area contributed by atoms with E-state index in [2.05, 4.69) is 27.7 Å². The van der Waals surface area contributed by atoms with Crippen molar-refractivity contribution >= 4 is 10.1 Å². The van der Waals surface area contributed by atoms with Gasteiger partial charge in [-0.1, -0.05) is 78.4 Å². The molecule has 0 aliphatic rings. The van der Waals surface area contributed by atoms with Crippen molar-refractivity contribution in [2.45, 2.75) is 96.8 Å². The van der Waals surface area contributed by atoms with Crippen LogP contribution in [0.3, 0.4) is 0 Å². The minimum Gasteiger partial charge on any atom is -0.744 e. The van der Waals surface area contributed by atoms with Gasteiger partial charge in [-0.25, -0.2) is 8.42 Å². The molecule has 0 bridgehead atoms. The van der Waals surface area contributed by atoms with Gasteiger partial charge in [0, 0.05) is 0 Å². The summed E-state index contributed by atoms with van der Waals surface area (Å²) in [6.45, 7) is 8.91. The van der Waals surface area contributed by atoms with E-state index < -0.39 is 10.1 Å². The van der Waals surface area contributed by atoms with Crippen LogP contribution in [0.25, 0.3) is 0 Å². The van der Waals surface area contributed by atoms with Crippen LogP contribution in [0.2, 0.25) is 0 Å². The van der Waals surface area contributed by atoms with E-state index in [9.17, 15) is 13.0 Å². The van der Waals surface area contributed by atoms with Gasteiger partial charge in [-0.15, -0.1) is 0 Å². The first-order valence-electron chi connectivity index (χ1n) is 10.3. The summed E-state index contributed by atoms with van der Waals surface area (Å²) in [6, 6.07) is 5.20. The maximum Gasteiger partial charge on any atom is 1.00 e. The largest absolute Gasteiger partial charge is 1.00 e. The average Bonchev–Trinajstić information content (AvgIpc) is 2.53. The smallest absolute Gasteiger partial charge is 0.744 e. The zero-order valence-electron chi connectivity index (χ0n) is 18.1. The van der Waals surface area contributed by atoms with Crippen molar-refractivity contribution in [3.8, 4) is 0 Å². The van der Waals surface area contributed by atoms with Crippen molar-refractivity contribution in [2.75, 3.05) is 0 Å². The van der Waals surface area contributed by atoms with Crippen molar-refractivity contribution < 1.29 is 42.5 Å². The summed E-state index contributed by atoms with van der Waals surface area (Å²) >= 11 is 0. The molecule has 0 radical (unpaired) electrons. The van der Waals surface area contributed by atoms with Gasteiger partial charge in [0.1, 0.15) is 10.1 Å².